The van der Waals surface area contributed by atoms with Crippen molar-refractivity contribution in [2.75, 3.05) is 6.61 Å². The summed E-state index contributed by atoms with van der Waals surface area (Å²) < 4.78 is 43.2. The number of benzene rings is 1. The van der Waals surface area contributed by atoms with E-state index in [4.69, 9.17) is 0 Å². The lowest BCUT2D eigenvalue weighted by Crippen LogP contribution is -2.14. The Balaban J connectivity index is 2.69. The van der Waals surface area contributed by atoms with Crippen molar-refractivity contribution >= 4 is 16.9 Å². The Hall–Kier alpha value is -1.98. The number of hydrogen-bond donors (Lipinski definition) is 1. The second-order valence-electron chi connectivity index (χ2n) is 3.64. The Morgan fingerprint density at radius 1 is 1.33 bits per heavy atom. The third-order valence-electron chi connectivity index (χ3n) is 2.47. The Bertz CT molecular complexity index is 587. The molecular weight excluding hydrogens is 247 g/mol. The summed E-state index contributed by atoms with van der Waals surface area (Å²) in [5.74, 6) is -0.970. The molecule has 1 aromatic heterocycles. The summed E-state index contributed by atoms with van der Waals surface area (Å²) in [4.78, 5) is 13.9. The Morgan fingerprint density at radius 2 is 2.00 bits per heavy atom. The van der Waals surface area contributed by atoms with Crippen LogP contribution in [0.15, 0.2) is 24.3 Å². The van der Waals surface area contributed by atoms with Crippen LogP contribution in [0.4, 0.5) is 13.2 Å². The summed E-state index contributed by atoms with van der Waals surface area (Å²) in [5.41, 5.74) is -1.27. The van der Waals surface area contributed by atoms with Gasteiger partial charge in [0.2, 0.25) is 0 Å². The smallest absolute Gasteiger partial charge is 0.432 e. The highest BCUT2D eigenvalue weighted by Gasteiger charge is 2.39. The van der Waals surface area contributed by atoms with Gasteiger partial charge in [0.15, 0.2) is 0 Å². The molecule has 6 heteroatoms. The van der Waals surface area contributed by atoms with Gasteiger partial charge in [0.25, 0.3) is 0 Å². The zero-order chi connectivity index (χ0) is 13.3. The molecule has 1 heterocycles. The van der Waals surface area contributed by atoms with E-state index in [1.165, 1.54) is 12.1 Å². The molecule has 18 heavy (non-hydrogen) atoms. The van der Waals surface area contributed by atoms with Crippen LogP contribution in [0.2, 0.25) is 0 Å². The number of ether oxygens (including phenoxy) is 1. The van der Waals surface area contributed by atoms with Gasteiger partial charge in [0, 0.05) is 10.9 Å². The lowest BCUT2D eigenvalue weighted by molar-refractivity contribution is -0.141. The number of rotatable bonds is 2. The van der Waals surface area contributed by atoms with Crippen LogP contribution in [0.3, 0.4) is 0 Å². The maximum atomic E-state index is 12.8. The van der Waals surface area contributed by atoms with E-state index in [1.54, 1.807) is 19.1 Å². The molecule has 0 amide bonds. The summed E-state index contributed by atoms with van der Waals surface area (Å²) in [6, 6.07) is 6.09. The van der Waals surface area contributed by atoms with Gasteiger partial charge in [0.1, 0.15) is 5.69 Å². The zero-order valence-corrected chi connectivity index (χ0v) is 9.47. The highest BCUT2D eigenvalue weighted by molar-refractivity contribution is 6.05. The SMILES string of the molecule is CCOC(=O)c1c(C(F)(F)F)[nH]c2ccccc12. The van der Waals surface area contributed by atoms with Crippen LogP contribution in [-0.2, 0) is 10.9 Å². The van der Waals surface area contributed by atoms with E-state index in [0.29, 0.717) is 0 Å². The standard InChI is InChI=1S/C12H10F3NO2/c1-2-18-11(17)9-7-5-3-4-6-8(7)16-10(9)12(13,14)15/h3-6,16H,2H2,1H3. The number of nitrogens with one attached hydrogen (secondary N) is 1. The molecule has 0 atom stereocenters. The fourth-order valence-corrected chi connectivity index (χ4v) is 1.77. The highest BCUT2D eigenvalue weighted by atomic mass is 19.4. The Morgan fingerprint density at radius 3 is 2.61 bits per heavy atom. The molecule has 0 aliphatic carbocycles. The average Bonchev–Trinajstić information content (AvgIpc) is 2.68. The largest absolute Gasteiger partial charge is 0.462 e. The number of carbonyl (C=O) groups is 1. The van der Waals surface area contributed by atoms with Crippen molar-refractivity contribution in [3.8, 4) is 0 Å². The second-order valence-corrected chi connectivity index (χ2v) is 3.64. The van der Waals surface area contributed by atoms with E-state index >= 15 is 0 Å². The second kappa shape index (κ2) is 4.36. The van der Waals surface area contributed by atoms with Gasteiger partial charge in [-0.15, -0.1) is 0 Å². The van der Waals surface area contributed by atoms with Crippen LogP contribution in [0, 0.1) is 0 Å². The quantitative estimate of drug-likeness (QED) is 0.838. The van der Waals surface area contributed by atoms with Gasteiger partial charge in [-0.3, -0.25) is 0 Å². The highest BCUT2D eigenvalue weighted by Crippen LogP contribution is 2.35. The minimum absolute atomic E-state index is 0.0234. The minimum Gasteiger partial charge on any atom is -0.462 e. The number of esters is 1. The predicted molar refractivity (Wildman–Crippen MR) is 59.3 cm³/mol. The molecule has 0 unspecified atom stereocenters. The first-order valence-corrected chi connectivity index (χ1v) is 5.30. The van der Waals surface area contributed by atoms with E-state index in [0.717, 1.165) is 0 Å². The molecule has 0 bridgehead atoms. The van der Waals surface area contributed by atoms with E-state index in [1.807, 2.05) is 0 Å². The van der Waals surface area contributed by atoms with Crippen LogP contribution in [0.1, 0.15) is 23.0 Å². The summed E-state index contributed by atoms with van der Waals surface area (Å²) in [6.45, 7) is 1.57. The van der Waals surface area contributed by atoms with E-state index in [9.17, 15) is 18.0 Å². The van der Waals surface area contributed by atoms with E-state index < -0.39 is 23.4 Å². The van der Waals surface area contributed by atoms with Gasteiger partial charge in [-0.1, -0.05) is 18.2 Å². The fourth-order valence-electron chi connectivity index (χ4n) is 1.77. The monoisotopic (exact) mass is 257 g/mol. The summed E-state index contributed by atoms with van der Waals surface area (Å²) >= 11 is 0. The van der Waals surface area contributed by atoms with Crippen LogP contribution in [0.5, 0.6) is 0 Å². The van der Waals surface area contributed by atoms with Crippen molar-refractivity contribution in [1.82, 2.24) is 4.98 Å². The third-order valence-corrected chi connectivity index (χ3v) is 2.47. The minimum atomic E-state index is -4.62. The first kappa shape index (κ1) is 12.5. The molecule has 2 rings (SSSR count). The average molecular weight is 257 g/mol. The Labute approximate surface area is 101 Å². The van der Waals surface area contributed by atoms with Crippen LogP contribution in [0.25, 0.3) is 10.9 Å². The van der Waals surface area contributed by atoms with Gasteiger partial charge < -0.3 is 9.72 Å². The van der Waals surface area contributed by atoms with Crippen LogP contribution >= 0.6 is 0 Å². The molecule has 0 saturated carbocycles. The maximum absolute atomic E-state index is 12.8. The lowest BCUT2D eigenvalue weighted by Gasteiger charge is -2.07. The Kier molecular flexibility index (Phi) is 3.02. The molecule has 0 aliphatic heterocycles. The topological polar surface area (TPSA) is 42.1 Å². The number of fused-ring (bicyclic) bond motifs is 1. The third kappa shape index (κ3) is 2.05. The molecule has 0 radical (unpaired) electrons. The van der Waals surface area contributed by atoms with Crippen molar-refractivity contribution in [1.29, 1.82) is 0 Å². The van der Waals surface area contributed by atoms with Crippen molar-refractivity contribution in [3.05, 3.63) is 35.5 Å². The molecule has 0 saturated heterocycles. The number of alkyl halides is 3. The number of para-hydroxylation sites is 1. The normalized spacial score (nSPS) is 11.8. The molecule has 1 aromatic carbocycles. The maximum Gasteiger partial charge on any atom is 0.432 e. The summed E-state index contributed by atoms with van der Waals surface area (Å²) in [7, 11) is 0. The number of halogens is 3. The van der Waals surface area contributed by atoms with Gasteiger partial charge in [0.05, 0.1) is 12.2 Å². The van der Waals surface area contributed by atoms with Crippen molar-refractivity contribution in [2.45, 2.75) is 13.1 Å². The number of hydrogen-bond acceptors (Lipinski definition) is 2. The lowest BCUT2D eigenvalue weighted by atomic mass is 10.1. The molecule has 0 spiro atoms. The fraction of sp³-hybridized carbons (Fsp3) is 0.250. The van der Waals surface area contributed by atoms with Gasteiger partial charge >= 0.3 is 12.1 Å². The predicted octanol–water partition coefficient (Wildman–Crippen LogP) is 3.36. The number of H-pyrrole nitrogens is 1. The van der Waals surface area contributed by atoms with Crippen molar-refractivity contribution < 1.29 is 22.7 Å². The molecule has 1 N–H and O–H groups in total. The molecular formula is C12H10F3NO2. The first-order valence-electron chi connectivity index (χ1n) is 5.30. The zero-order valence-electron chi connectivity index (χ0n) is 9.47. The molecule has 2 aromatic rings. The van der Waals surface area contributed by atoms with Gasteiger partial charge in [-0.2, -0.15) is 13.2 Å². The summed E-state index contributed by atoms with van der Waals surface area (Å²) in [6.07, 6.45) is -4.62. The van der Waals surface area contributed by atoms with E-state index in [-0.39, 0.29) is 17.5 Å². The molecule has 0 aliphatic rings. The number of carbonyl (C=O) groups excluding carboxylic acids is 1. The molecule has 0 fully saturated rings. The first-order chi connectivity index (χ1) is 8.45. The molecule has 96 valence electrons. The van der Waals surface area contributed by atoms with Gasteiger partial charge in [-0.25, -0.2) is 4.79 Å². The number of aromatic nitrogens is 1. The number of aromatic amines is 1. The van der Waals surface area contributed by atoms with Crippen molar-refractivity contribution in [3.63, 3.8) is 0 Å². The van der Waals surface area contributed by atoms with E-state index in [2.05, 4.69) is 9.72 Å². The molecule has 3 nitrogen and oxygen atoms in total. The summed E-state index contributed by atoms with van der Waals surface area (Å²) in [5, 5.41) is 0.211. The van der Waals surface area contributed by atoms with Crippen LogP contribution in [-0.4, -0.2) is 17.6 Å². The van der Waals surface area contributed by atoms with Crippen LogP contribution < -0.4 is 0 Å². The van der Waals surface area contributed by atoms with Crippen molar-refractivity contribution in [2.24, 2.45) is 0 Å². The van der Waals surface area contributed by atoms with Gasteiger partial charge in [-0.05, 0) is 13.0 Å².